The average molecular weight is 356 g/mol. The Bertz CT molecular complexity index is 500. The number of hydrogen-bond acceptors (Lipinski definition) is 4. The van der Waals surface area contributed by atoms with Gasteiger partial charge in [0.15, 0.2) is 0 Å². The number of carbonyl (C=O) groups is 1. The number of aromatic carboxylic acids is 1. The number of halogens is 1. The van der Waals surface area contributed by atoms with Crippen molar-refractivity contribution >= 4 is 27.6 Å². The smallest absolute Gasteiger partial charge is 0.337 e. The highest BCUT2D eigenvalue weighted by Crippen LogP contribution is 2.25. The lowest BCUT2D eigenvalue weighted by Gasteiger charge is -2.37. The molecule has 0 unspecified atom stereocenters. The van der Waals surface area contributed by atoms with E-state index < -0.39 is 5.97 Å². The highest BCUT2D eigenvalue weighted by atomic mass is 79.9. The number of likely N-dealkylation sites (N-methyl/N-ethyl adjacent to an activating group) is 1. The first-order valence-corrected chi connectivity index (χ1v) is 7.91. The number of rotatable bonds is 5. The fraction of sp³-hybridized carbons (Fsp3) is 0.533. The average Bonchev–Trinajstić information content (AvgIpc) is 2.45. The zero-order valence-electron chi connectivity index (χ0n) is 12.5. The monoisotopic (exact) mass is 355 g/mol. The Hall–Kier alpha value is -1.11. The van der Waals surface area contributed by atoms with Crippen molar-refractivity contribution in [3.63, 3.8) is 0 Å². The maximum Gasteiger partial charge on any atom is 0.337 e. The van der Waals surface area contributed by atoms with E-state index >= 15 is 0 Å². The van der Waals surface area contributed by atoms with Gasteiger partial charge >= 0.3 is 5.97 Å². The van der Waals surface area contributed by atoms with Gasteiger partial charge in [0.25, 0.3) is 0 Å². The molecular formula is C15H22BrN3O2. The Morgan fingerprint density at radius 1 is 1.29 bits per heavy atom. The van der Waals surface area contributed by atoms with Gasteiger partial charge in [-0.15, -0.1) is 0 Å². The number of carboxylic acids is 1. The van der Waals surface area contributed by atoms with E-state index in [9.17, 15) is 9.90 Å². The summed E-state index contributed by atoms with van der Waals surface area (Å²) in [5, 5.41) is 9.35. The summed E-state index contributed by atoms with van der Waals surface area (Å²) in [5.41, 5.74) is 1.18. The third-order valence-corrected chi connectivity index (χ3v) is 4.26. The van der Waals surface area contributed by atoms with E-state index in [4.69, 9.17) is 0 Å². The first-order valence-electron chi connectivity index (χ1n) is 7.12. The van der Waals surface area contributed by atoms with Crippen LogP contribution in [0.4, 0.5) is 5.69 Å². The van der Waals surface area contributed by atoms with Gasteiger partial charge in [0.1, 0.15) is 0 Å². The molecule has 1 N–H and O–H groups in total. The molecule has 116 valence electrons. The predicted molar refractivity (Wildman–Crippen MR) is 88.3 cm³/mol. The SMILES string of the molecule is CN(C)CCN1CCN(c2ccc(Br)cc2C(=O)O)CC1. The van der Waals surface area contributed by atoms with Crippen molar-refractivity contribution in [1.82, 2.24) is 9.80 Å². The van der Waals surface area contributed by atoms with Crippen LogP contribution in [0.1, 0.15) is 10.4 Å². The van der Waals surface area contributed by atoms with Crippen LogP contribution in [0.25, 0.3) is 0 Å². The number of hydrogen-bond donors (Lipinski definition) is 1. The summed E-state index contributed by atoms with van der Waals surface area (Å²) in [6, 6.07) is 5.47. The molecule has 0 radical (unpaired) electrons. The number of anilines is 1. The fourth-order valence-electron chi connectivity index (χ4n) is 2.51. The third-order valence-electron chi connectivity index (χ3n) is 3.77. The minimum Gasteiger partial charge on any atom is -0.478 e. The van der Waals surface area contributed by atoms with Gasteiger partial charge in [-0.25, -0.2) is 4.79 Å². The molecule has 0 bridgehead atoms. The van der Waals surface area contributed by atoms with E-state index in [1.165, 1.54) is 0 Å². The summed E-state index contributed by atoms with van der Waals surface area (Å²) in [6.45, 7) is 5.81. The van der Waals surface area contributed by atoms with Crippen LogP contribution in [0.15, 0.2) is 22.7 Å². The van der Waals surface area contributed by atoms with E-state index in [-0.39, 0.29) is 0 Å². The van der Waals surface area contributed by atoms with Gasteiger partial charge in [-0.1, -0.05) is 15.9 Å². The second-order valence-corrected chi connectivity index (χ2v) is 6.51. The molecule has 6 heteroatoms. The molecule has 1 aliphatic rings. The fourth-order valence-corrected chi connectivity index (χ4v) is 2.87. The molecule has 0 saturated carbocycles. The molecule has 0 amide bonds. The van der Waals surface area contributed by atoms with Gasteiger partial charge in [-0.3, -0.25) is 4.90 Å². The van der Waals surface area contributed by atoms with E-state index in [2.05, 4.69) is 44.7 Å². The Morgan fingerprint density at radius 2 is 1.95 bits per heavy atom. The molecule has 1 heterocycles. The van der Waals surface area contributed by atoms with Crippen LogP contribution >= 0.6 is 15.9 Å². The van der Waals surface area contributed by atoms with Crippen LogP contribution < -0.4 is 4.90 Å². The van der Waals surface area contributed by atoms with Crippen LogP contribution in [0, 0.1) is 0 Å². The van der Waals surface area contributed by atoms with Crippen LogP contribution in [0.5, 0.6) is 0 Å². The Balaban J connectivity index is 2.01. The highest BCUT2D eigenvalue weighted by Gasteiger charge is 2.21. The zero-order valence-corrected chi connectivity index (χ0v) is 14.1. The van der Waals surface area contributed by atoms with Crippen molar-refractivity contribution in [2.75, 3.05) is 58.3 Å². The molecule has 0 aliphatic carbocycles. The number of benzene rings is 1. The second-order valence-electron chi connectivity index (χ2n) is 5.60. The van der Waals surface area contributed by atoms with E-state index in [1.54, 1.807) is 6.07 Å². The molecule has 1 aromatic carbocycles. The first-order chi connectivity index (χ1) is 9.97. The van der Waals surface area contributed by atoms with Gasteiger partial charge in [0.05, 0.1) is 11.3 Å². The van der Waals surface area contributed by atoms with Crippen molar-refractivity contribution in [2.45, 2.75) is 0 Å². The second kappa shape index (κ2) is 7.24. The molecule has 1 fully saturated rings. The summed E-state index contributed by atoms with van der Waals surface area (Å²) < 4.78 is 0.799. The summed E-state index contributed by atoms with van der Waals surface area (Å²) in [7, 11) is 4.16. The summed E-state index contributed by atoms with van der Waals surface area (Å²) >= 11 is 3.34. The molecule has 0 spiro atoms. The predicted octanol–water partition coefficient (Wildman–Crippen LogP) is 1.83. The molecule has 1 saturated heterocycles. The van der Waals surface area contributed by atoms with Crippen LogP contribution in [-0.2, 0) is 0 Å². The van der Waals surface area contributed by atoms with Crippen LogP contribution in [-0.4, -0.2) is 74.2 Å². The topological polar surface area (TPSA) is 47.0 Å². The molecule has 0 aromatic heterocycles. The Labute approximate surface area is 134 Å². The molecule has 1 aromatic rings. The summed E-state index contributed by atoms with van der Waals surface area (Å²) in [4.78, 5) is 18.2. The largest absolute Gasteiger partial charge is 0.478 e. The minimum absolute atomic E-state index is 0.367. The highest BCUT2D eigenvalue weighted by molar-refractivity contribution is 9.10. The summed E-state index contributed by atoms with van der Waals surface area (Å²) in [5.74, 6) is -0.874. The molecule has 2 rings (SSSR count). The van der Waals surface area contributed by atoms with Crippen molar-refractivity contribution in [3.05, 3.63) is 28.2 Å². The zero-order chi connectivity index (χ0) is 15.4. The number of nitrogens with zero attached hydrogens (tertiary/aromatic N) is 3. The standard InChI is InChI=1S/C15H22BrN3O2/c1-17(2)5-6-18-7-9-19(10-8-18)14-4-3-12(16)11-13(14)15(20)21/h3-4,11H,5-10H2,1-2H3,(H,20,21). The van der Waals surface area contributed by atoms with Crippen LogP contribution in [0.2, 0.25) is 0 Å². The van der Waals surface area contributed by atoms with E-state index in [0.29, 0.717) is 5.56 Å². The lowest BCUT2D eigenvalue weighted by Crippen LogP contribution is -2.48. The van der Waals surface area contributed by atoms with Gasteiger partial charge in [0.2, 0.25) is 0 Å². The first kappa shape index (κ1) is 16.3. The van der Waals surface area contributed by atoms with E-state index in [0.717, 1.165) is 49.4 Å². The molecule has 5 nitrogen and oxygen atoms in total. The van der Waals surface area contributed by atoms with Crippen LogP contribution in [0.3, 0.4) is 0 Å². The quantitative estimate of drug-likeness (QED) is 0.872. The molecule has 21 heavy (non-hydrogen) atoms. The summed E-state index contributed by atoms with van der Waals surface area (Å²) in [6.07, 6.45) is 0. The normalized spacial score (nSPS) is 16.5. The maximum atomic E-state index is 11.4. The minimum atomic E-state index is -0.874. The number of carboxylic acid groups (broad SMARTS) is 1. The maximum absolute atomic E-state index is 11.4. The lowest BCUT2D eigenvalue weighted by atomic mass is 10.1. The van der Waals surface area contributed by atoms with Crippen molar-refractivity contribution in [3.8, 4) is 0 Å². The van der Waals surface area contributed by atoms with Gasteiger partial charge in [0, 0.05) is 43.7 Å². The van der Waals surface area contributed by atoms with Gasteiger partial charge < -0.3 is 14.9 Å². The Morgan fingerprint density at radius 3 is 2.52 bits per heavy atom. The van der Waals surface area contributed by atoms with Crippen molar-refractivity contribution in [1.29, 1.82) is 0 Å². The third kappa shape index (κ3) is 4.43. The molecular weight excluding hydrogens is 334 g/mol. The van der Waals surface area contributed by atoms with E-state index in [1.807, 2.05) is 12.1 Å². The van der Waals surface area contributed by atoms with Crippen molar-refractivity contribution in [2.24, 2.45) is 0 Å². The van der Waals surface area contributed by atoms with Gasteiger partial charge in [-0.05, 0) is 32.3 Å². The van der Waals surface area contributed by atoms with Crippen molar-refractivity contribution < 1.29 is 9.90 Å². The molecule has 0 atom stereocenters. The van der Waals surface area contributed by atoms with Gasteiger partial charge in [-0.2, -0.15) is 0 Å². The lowest BCUT2D eigenvalue weighted by molar-refractivity contribution is 0.0697. The Kier molecular flexibility index (Phi) is 5.61. The molecule has 1 aliphatic heterocycles. The number of piperazine rings is 1.